The van der Waals surface area contributed by atoms with E-state index in [1.54, 1.807) is 0 Å². The second-order valence-electron chi connectivity index (χ2n) is 9.62. The van der Waals surface area contributed by atoms with Crippen molar-refractivity contribution in [2.45, 2.75) is 92.4 Å². The average Bonchev–Trinajstić information content (AvgIpc) is 3.07. The highest BCUT2D eigenvalue weighted by atomic mass is 16.5. The van der Waals surface area contributed by atoms with Gasteiger partial charge in [-0.05, 0) is 111 Å². The van der Waals surface area contributed by atoms with Gasteiger partial charge in [0.15, 0.2) is 0 Å². The monoisotopic (exact) mass is 379 g/mol. The van der Waals surface area contributed by atoms with Gasteiger partial charge < -0.3 is 10.5 Å². The van der Waals surface area contributed by atoms with Crippen molar-refractivity contribution in [3.63, 3.8) is 0 Å². The molecular formula is C25H49NO. The highest BCUT2D eigenvalue weighted by Crippen LogP contribution is 2.64. The van der Waals surface area contributed by atoms with Crippen LogP contribution in [0.1, 0.15) is 92.4 Å². The Balaban J connectivity index is 0.000000614. The molecule has 4 aliphatic rings. The minimum Gasteiger partial charge on any atom is -0.384 e. The maximum absolute atomic E-state index is 6.13. The Hall–Kier alpha value is -0.0800. The molecule has 0 saturated heterocycles. The highest BCUT2D eigenvalue weighted by molar-refractivity contribution is 5.06. The van der Waals surface area contributed by atoms with Crippen molar-refractivity contribution in [2.75, 3.05) is 20.3 Å². The van der Waals surface area contributed by atoms with Gasteiger partial charge in [0.1, 0.15) is 0 Å². The fraction of sp³-hybridized carbons (Fsp3) is 1.00. The van der Waals surface area contributed by atoms with Crippen LogP contribution in [0.3, 0.4) is 0 Å². The summed E-state index contributed by atoms with van der Waals surface area (Å²) in [6, 6.07) is 0. The van der Waals surface area contributed by atoms with E-state index in [1.165, 1.54) is 57.8 Å². The maximum Gasteiger partial charge on any atom is 0.0490 e. The van der Waals surface area contributed by atoms with Crippen LogP contribution >= 0.6 is 0 Å². The summed E-state index contributed by atoms with van der Waals surface area (Å²) in [6.45, 7) is 12.5. The molecule has 0 aliphatic heterocycles. The molecule has 2 nitrogen and oxygen atoms in total. The molecular weight excluding hydrogens is 330 g/mol. The topological polar surface area (TPSA) is 35.2 Å². The van der Waals surface area contributed by atoms with E-state index in [1.807, 2.05) is 34.8 Å². The van der Waals surface area contributed by atoms with Crippen LogP contribution in [0.25, 0.3) is 0 Å². The number of fused-ring (bicyclic) bond motifs is 5. The van der Waals surface area contributed by atoms with Crippen LogP contribution in [0.4, 0.5) is 0 Å². The summed E-state index contributed by atoms with van der Waals surface area (Å²) < 4.78 is 5.45. The first-order valence-corrected chi connectivity index (χ1v) is 12.4. The second-order valence-corrected chi connectivity index (χ2v) is 9.62. The van der Waals surface area contributed by atoms with Crippen molar-refractivity contribution in [3.05, 3.63) is 0 Å². The lowest BCUT2D eigenvalue weighted by atomic mass is 9.49. The predicted molar refractivity (Wildman–Crippen MR) is 118 cm³/mol. The molecule has 0 heterocycles. The summed E-state index contributed by atoms with van der Waals surface area (Å²) in [6.07, 6.45) is 13.2. The van der Waals surface area contributed by atoms with Gasteiger partial charge in [0.05, 0.1) is 0 Å². The largest absolute Gasteiger partial charge is 0.384 e. The minimum atomic E-state index is 0.579. The van der Waals surface area contributed by atoms with Crippen molar-refractivity contribution in [3.8, 4) is 0 Å². The Morgan fingerprint density at radius 2 is 1.56 bits per heavy atom. The van der Waals surface area contributed by atoms with Gasteiger partial charge in [-0.25, -0.2) is 0 Å². The number of rotatable bonds is 3. The molecule has 8 atom stereocenters. The second kappa shape index (κ2) is 10.6. The quantitative estimate of drug-likeness (QED) is 0.605. The summed E-state index contributed by atoms with van der Waals surface area (Å²) in [5, 5.41) is 0. The molecule has 2 heteroatoms. The van der Waals surface area contributed by atoms with Gasteiger partial charge in [-0.3, -0.25) is 0 Å². The van der Waals surface area contributed by atoms with Gasteiger partial charge in [0.2, 0.25) is 0 Å². The van der Waals surface area contributed by atoms with Crippen LogP contribution in [0.2, 0.25) is 0 Å². The van der Waals surface area contributed by atoms with Gasteiger partial charge in [-0.1, -0.05) is 34.6 Å². The Labute approximate surface area is 170 Å². The summed E-state index contributed by atoms with van der Waals surface area (Å²) in [7, 11) is 1.87. The summed E-state index contributed by atoms with van der Waals surface area (Å²) in [5.41, 5.74) is 6.71. The van der Waals surface area contributed by atoms with Crippen LogP contribution < -0.4 is 5.73 Å². The van der Waals surface area contributed by atoms with Crippen molar-refractivity contribution < 1.29 is 4.74 Å². The number of ether oxygens (including phenoxy) is 1. The molecule has 0 radical (unpaired) electrons. The minimum absolute atomic E-state index is 0.579. The SMILES string of the molecule is CC.CC.COC[C@H]1CC[C@@H]2C3CC[C@@]4(C)C(CC[C@@H]4CN)[C@@H]3CC[C@@H]2C1. The van der Waals surface area contributed by atoms with Gasteiger partial charge in [-0.15, -0.1) is 0 Å². The molecule has 0 aromatic rings. The van der Waals surface area contributed by atoms with Crippen molar-refractivity contribution >= 4 is 0 Å². The number of methoxy groups -OCH3 is 1. The summed E-state index contributed by atoms with van der Waals surface area (Å²) >= 11 is 0. The molecule has 2 unspecified atom stereocenters. The standard InChI is InChI=1S/C21H37NO.2C2H6/c1-21-10-9-18-17-6-3-14(13-23-2)11-15(17)4-7-19(18)20(21)8-5-16(21)12-22;2*1-2/h14-20H,3-13,22H2,1-2H3;2*1-2H3/t14-,15+,16+,17-,18?,19+,20?,21+;;/m0../s1. The molecule has 0 aromatic carbocycles. The maximum atomic E-state index is 6.13. The smallest absolute Gasteiger partial charge is 0.0490 e. The fourth-order valence-corrected chi connectivity index (χ4v) is 7.83. The molecule has 0 aromatic heterocycles. The zero-order chi connectivity index (χ0) is 20.0. The highest BCUT2D eigenvalue weighted by Gasteiger charge is 2.56. The Morgan fingerprint density at radius 3 is 2.22 bits per heavy atom. The zero-order valence-corrected chi connectivity index (χ0v) is 19.3. The Bertz CT molecular complexity index is 425. The van der Waals surface area contributed by atoms with E-state index in [0.717, 1.165) is 54.6 Å². The average molecular weight is 380 g/mol. The lowest BCUT2D eigenvalue weighted by molar-refractivity contribution is -0.0707. The first-order chi connectivity index (χ1) is 13.2. The number of hydrogen-bond donors (Lipinski definition) is 1. The van der Waals surface area contributed by atoms with E-state index >= 15 is 0 Å². The van der Waals surface area contributed by atoms with Crippen LogP contribution in [-0.2, 0) is 4.74 Å². The van der Waals surface area contributed by atoms with Crippen molar-refractivity contribution in [1.29, 1.82) is 0 Å². The molecule has 27 heavy (non-hydrogen) atoms. The Morgan fingerprint density at radius 1 is 0.852 bits per heavy atom. The van der Waals surface area contributed by atoms with E-state index < -0.39 is 0 Å². The van der Waals surface area contributed by atoms with E-state index in [0.29, 0.717) is 5.41 Å². The van der Waals surface area contributed by atoms with E-state index in [2.05, 4.69) is 6.92 Å². The van der Waals surface area contributed by atoms with E-state index in [-0.39, 0.29) is 0 Å². The van der Waals surface area contributed by atoms with Gasteiger partial charge in [0, 0.05) is 13.7 Å². The number of nitrogens with two attached hydrogens (primary N) is 1. The normalized spacial score (nSPS) is 45.2. The molecule has 0 spiro atoms. The van der Waals surface area contributed by atoms with Crippen molar-refractivity contribution in [2.24, 2.45) is 52.6 Å². The van der Waals surface area contributed by atoms with E-state index in [9.17, 15) is 0 Å². The molecule has 4 fully saturated rings. The zero-order valence-electron chi connectivity index (χ0n) is 19.3. The molecule has 160 valence electrons. The van der Waals surface area contributed by atoms with Crippen LogP contribution in [0.5, 0.6) is 0 Å². The van der Waals surface area contributed by atoms with Gasteiger partial charge >= 0.3 is 0 Å². The summed E-state index contributed by atoms with van der Waals surface area (Å²) in [5.74, 6) is 6.79. The molecule has 0 bridgehead atoms. The van der Waals surface area contributed by atoms with Gasteiger partial charge in [0.25, 0.3) is 0 Å². The third-order valence-electron chi connectivity index (χ3n) is 8.95. The molecule has 4 aliphatic carbocycles. The lowest BCUT2D eigenvalue weighted by Crippen LogP contribution is -2.49. The fourth-order valence-electron chi connectivity index (χ4n) is 7.83. The third-order valence-corrected chi connectivity index (χ3v) is 8.95. The Kier molecular flexibility index (Phi) is 9.13. The molecule has 0 amide bonds. The van der Waals surface area contributed by atoms with Crippen LogP contribution in [-0.4, -0.2) is 20.3 Å². The first-order valence-electron chi connectivity index (χ1n) is 12.4. The predicted octanol–water partition coefficient (Wildman–Crippen LogP) is 6.53. The summed E-state index contributed by atoms with van der Waals surface area (Å²) in [4.78, 5) is 0. The molecule has 4 saturated carbocycles. The van der Waals surface area contributed by atoms with Crippen LogP contribution in [0, 0.1) is 46.8 Å². The number of hydrogen-bond acceptors (Lipinski definition) is 2. The van der Waals surface area contributed by atoms with Gasteiger partial charge in [-0.2, -0.15) is 0 Å². The molecule has 2 N–H and O–H groups in total. The van der Waals surface area contributed by atoms with E-state index in [4.69, 9.17) is 10.5 Å². The third kappa shape index (κ3) is 4.42. The molecule has 4 rings (SSSR count). The first kappa shape index (κ1) is 23.2. The lowest BCUT2D eigenvalue weighted by Gasteiger charge is -2.56. The van der Waals surface area contributed by atoms with Crippen molar-refractivity contribution in [1.82, 2.24) is 0 Å². The van der Waals surface area contributed by atoms with Crippen LogP contribution in [0.15, 0.2) is 0 Å².